The Bertz CT molecular complexity index is 597. The van der Waals surface area contributed by atoms with E-state index in [2.05, 4.69) is 22.5 Å². The van der Waals surface area contributed by atoms with Crippen LogP contribution in [0.25, 0.3) is 0 Å². The number of aliphatic imine (C=N–C) groups is 1. The molecule has 2 rings (SSSR count). The summed E-state index contributed by atoms with van der Waals surface area (Å²) in [6, 6.07) is 8.07. The smallest absolute Gasteiger partial charge is 0.222 e. The molecule has 0 bridgehead atoms. The molecule has 2 N–H and O–H groups in total. The Morgan fingerprint density at radius 1 is 1.35 bits per heavy atom. The predicted octanol–water partition coefficient (Wildman–Crippen LogP) is 3.80. The summed E-state index contributed by atoms with van der Waals surface area (Å²) in [5, 5.41) is 7.37. The largest absolute Gasteiger partial charge is 0.357 e. The van der Waals surface area contributed by atoms with Crippen molar-refractivity contribution in [3.05, 3.63) is 34.9 Å². The SMILES string of the molecule is CCNC(=NCc1cccc(Cl)c1)NCCC(CC)N1CCCC1=O.I. The van der Waals surface area contributed by atoms with Crippen LogP contribution in [0.1, 0.15) is 45.1 Å². The number of amides is 1. The molecule has 0 radical (unpaired) electrons. The van der Waals surface area contributed by atoms with E-state index >= 15 is 0 Å². The van der Waals surface area contributed by atoms with Crippen LogP contribution < -0.4 is 10.6 Å². The normalized spacial score (nSPS) is 15.6. The number of halogens is 2. The van der Waals surface area contributed by atoms with Gasteiger partial charge in [0.15, 0.2) is 5.96 Å². The lowest BCUT2D eigenvalue weighted by atomic mass is 10.1. The van der Waals surface area contributed by atoms with Crippen molar-refractivity contribution in [1.82, 2.24) is 15.5 Å². The van der Waals surface area contributed by atoms with Crippen LogP contribution in [0.15, 0.2) is 29.3 Å². The molecule has 1 unspecified atom stereocenters. The van der Waals surface area contributed by atoms with Gasteiger partial charge in [-0.25, -0.2) is 4.99 Å². The molecular formula is C19H30ClIN4O. The summed E-state index contributed by atoms with van der Waals surface area (Å²) in [4.78, 5) is 18.6. The number of nitrogens with zero attached hydrogens (tertiary/aromatic N) is 2. The molecule has 0 aromatic heterocycles. The molecule has 1 atom stereocenters. The van der Waals surface area contributed by atoms with E-state index in [1.54, 1.807) is 0 Å². The van der Waals surface area contributed by atoms with Crippen molar-refractivity contribution in [3.63, 3.8) is 0 Å². The first-order chi connectivity index (χ1) is 12.1. The monoisotopic (exact) mass is 492 g/mol. The van der Waals surface area contributed by atoms with E-state index in [-0.39, 0.29) is 24.0 Å². The maximum Gasteiger partial charge on any atom is 0.222 e. The van der Waals surface area contributed by atoms with Gasteiger partial charge in [-0.3, -0.25) is 4.79 Å². The van der Waals surface area contributed by atoms with Crippen LogP contribution in [0.3, 0.4) is 0 Å². The summed E-state index contributed by atoms with van der Waals surface area (Å²) in [6.07, 6.45) is 3.62. The van der Waals surface area contributed by atoms with Gasteiger partial charge in [-0.05, 0) is 43.9 Å². The molecule has 1 aromatic rings. The standard InChI is InChI=1S/C19H29ClN4O.HI/c1-3-17(24-12-6-9-18(24)25)10-11-22-19(21-4-2)23-14-15-7-5-8-16(20)13-15;/h5,7-8,13,17H,3-4,6,9-12,14H2,1-2H3,(H2,21,22,23);1H. The van der Waals surface area contributed by atoms with Crippen molar-refractivity contribution in [3.8, 4) is 0 Å². The zero-order chi connectivity index (χ0) is 18.1. The molecule has 1 aliphatic heterocycles. The minimum absolute atomic E-state index is 0. The van der Waals surface area contributed by atoms with Crippen LogP contribution in [0, 0.1) is 0 Å². The van der Waals surface area contributed by atoms with Crippen LogP contribution in [-0.4, -0.2) is 42.4 Å². The number of guanidine groups is 1. The zero-order valence-electron chi connectivity index (χ0n) is 15.6. The van der Waals surface area contributed by atoms with Gasteiger partial charge in [0.25, 0.3) is 0 Å². The molecule has 1 saturated heterocycles. The number of carbonyl (C=O) groups excluding carboxylic acids is 1. The van der Waals surface area contributed by atoms with Crippen LogP contribution in [-0.2, 0) is 11.3 Å². The Morgan fingerprint density at radius 2 is 2.15 bits per heavy atom. The van der Waals surface area contributed by atoms with Crippen LogP contribution in [0.5, 0.6) is 0 Å². The van der Waals surface area contributed by atoms with E-state index in [9.17, 15) is 4.79 Å². The van der Waals surface area contributed by atoms with Crippen molar-refractivity contribution in [2.45, 2.75) is 52.1 Å². The highest BCUT2D eigenvalue weighted by molar-refractivity contribution is 14.0. The van der Waals surface area contributed by atoms with Gasteiger partial charge in [-0.2, -0.15) is 0 Å². The van der Waals surface area contributed by atoms with Crippen LogP contribution >= 0.6 is 35.6 Å². The predicted molar refractivity (Wildman–Crippen MR) is 119 cm³/mol. The second-order valence-electron chi connectivity index (χ2n) is 6.29. The topological polar surface area (TPSA) is 56.7 Å². The Labute approximate surface area is 179 Å². The van der Waals surface area contributed by atoms with Gasteiger partial charge in [0, 0.05) is 37.1 Å². The third-order valence-electron chi connectivity index (χ3n) is 4.45. The second kappa shape index (κ2) is 12.4. The van der Waals surface area contributed by atoms with Crippen LogP contribution in [0.2, 0.25) is 5.02 Å². The van der Waals surface area contributed by atoms with Gasteiger partial charge in [-0.15, -0.1) is 24.0 Å². The molecule has 1 fully saturated rings. The quantitative estimate of drug-likeness (QED) is 0.330. The number of carbonyl (C=O) groups is 1. The molecule has 5 nitrogen and oxygen atoms in total. The average molecular weight is 493 g/mol. The van der Waals surface area contributed by atoms with Crippen molar-refractivity contribution in [2.24, 2.45) is 4.99 Å². The van der Waals surface area contributed by atoms with Gasteiger partial charge < -0.3 is 15.5 Å². The van der Waals surface area contributed by atoms with Gasteiger partial charge in [-0.1, -0.05) is 30.7 Å². The lowest BCUT2D eigenvalue weighted by Gasteiger charge is -2.27. The van der Waals surface area contributed by atoms with Gasteiger partial charge in [0.1, 0.15) is 0 Å². The molecule has 0 spiro atoms. The molecule has 146 valence electrons. The van der Waals surface area contributed by atoms with Gasteiger partial charge in [0.2, 0.25) is 5.91 Å². The van der Waals surface area contributed by atoms with Gasteiger partial charge in [0.05, 0.1) is 6.54 Å². The number of hydrogen-bond acceptors (Lipinski definition) is 2. The fraction of sp³-hybridized carbons (Fsp3) is 0.579. The summed E-state index contributed by atoms with van der Waals surface area (Å²) in [7, 11) is 0. The number of hydrogen-bond donors (Lipinski definition) is 2. The Morgan fingerprint density at radius 3 is 2.77 bits per heavy atom. The highest BCUT2D eigenvalue weighted by atomic mass is 127. The van der Waals surface area contributed by atoms with Crippen LogP contribution in [0.4, 0.5) is 0 Å². The maximum atomic E-state index is 11.9. The zero-order valence-corrected chi connectivity index (χ0v) is 18.7. The Kier molecular flexibility index (Phi) is 11.0. The molecule has 26 heavy (non-hydrogen) atoms. The van der Waals surface area contributed by atoms with Crippen molar-refractivity contribution in [1.29, 1.82) is 0 Å². The third kappa shape index (κ3) is 7.31. The van der Waals surface area contributed by atoms with E-state index in [1.165, 1.54) is 0 Å². The molecule has 7 heteroatoms. The number of likely N-dealkylation sites (tertiary alicyclic amines) is 1. The fourth-order valence-corrected chi connectivity index (χ4v) is 3.35. The molecule has 0 saturated carbocycles. The summed E-state index contributed by atoms with van der Waals surface area (Å²) < 4.78 is 0. The first kappa shape index (κ1) is 23.0. The lowest BCUT2D eigenvalue weighted by Crippen LogP contribution is -2.42. The highest BCUT2D eigenvalue weighted by Gasteiger charge is 2.26. The minimum atomic E-state index is 0. The first-order valence-corrected chi connectivity index (χ1v) is 9.58. The summed E-state index contributed by atoms with van der Waals surface area (Å²) >= 11 is 6.02. The molecule has 1 heterocycles. The summed E-state index contributed by atoms with van der Waals surface area (Å²) in [6.45, 7) is 7.29. The maximum absolute atomic E-state index is 11.9. The second-order valence-corrected chi connectivity index (χ2v) is 6.73. The minimum Gasteiger partial charge on any atom is -0.357 e. The Hall–Kier alpha value is -1.02. The van der Waals surface area contributed by atoms with Crippen molar-refractivity contribution >= 4 is 47.4 Å². The highest BCUT2D eigenvalue weighted by Crippen LogP contribution is 2.17. The van der Waals surface area contributed by atoms with E-state index in [4.69, 9.17) is 11.6 Å². The van der Waals surface area contributed by atoms with E-state index in [1.807, 2.05) is 36.1 Å². The lowest BCUT2D eigenvalue weighted by molar-refractivity contribution is -0.129. The van der Waals surface area contributed by atoms with E-state index in [0.29, 0.717) is 24.9 Å². The number of nitrogens with one attached hydrogen (secondary N) is 2. The van der Waals surface area contributed by atoms with E-state index < -0.39 is 0 Å². The molecule has 1 aromatic carbocycles. The molecule has 0 aliphatic carbocycles. The number of rotatable bonds is 8. The number of benzene rings is 1. The Balaban J connectivity index is 0.00000338. The summed E-state index contributed by atoms with van der Waals surface area (Å²) in [5.74, 6) is 1.10. The molecule has 1 aliphatic rings. The first-order valence-electron chi connectivity index (χ1n) is 9.20. The van der Waals surface area contributed by atoms with Crippen molar-refractivity contribution in [2.75, 3.05) is 19.6 Å². The fourth-order valence-electron chi connectivity index (χ4n) is 3.14. The molecular weight excluding hydrogens is 463 g/mol. The average Bonchev–Trinajstić information content (AvgIpc) is 3.02. The van der Waals surface area contributed by atoms with Crippen molar-refractivity contribution < 1.29 is 4.79 Å². The molecule has 1 amide bonds. The van der Waals surface area contributed by atoms with E-state index in [0.717, 1.165) is 55.4 Å². The van der Waals surface area contributed by atoms with Gasteiger partial charge >= 0.3 is 0 Å². The third-order valence-corrected chi connectivity index (χ3v) is 4.68. The summed E-state index contributed by atoms with van der Waals surface area (Å²) in [5.41, 5.74) is 1.08.